The molecule has 0 atom stereocenters. The molecule has 27 heavy (non-hydrogen) atoms. The van der Waals surface area contributed by atoms with Crippen LogP contribution < -0.4 is 20.5 Å². The molecule has 0 unspecified atom stereocenters. The van der Waals surface area contributed by atoms with Crippen molar-refractivity contribution in [2.45, 2.75) is 32.6 Å². The van der Waals surface area contributed by atoms with Gasteiger partial charge in [0.05, 0.1) is 13.2 Å². The summed E-state index contributed by atoms with van der Waals surface area (Å²) >= 11 is 0. The Morgan fingerprint density at radius 2 is 2.07 bits per heavy atom. The quantitative estimate of drug-likeness (QED) is 0.726. The Morgan fingerprint density at radius 1 is 1.22 bits per heavy atom. The first-order chi connectivity index (χ1) is 13.2. The van der Waals surface area contributed by atoms with Gasteiger partial charge in [-0.15, -0.1) is 0 Å². The normalized spacial score (nSPS) is 16.2. The zero-order valence-corrected chi connectivity index (χ0v) is 15.8. The first-order valence-electron chi connectivity index (χ1n) is 9.70. The van der Waals surface area contributed by atoms with E-state index >= 15 is 0 Å². The van der Waals surface area contributed by atoms with Gasteiger partial charge in [0.15, 0.2) is 11.5 Å². The SMILES string of the molecule is Cc1cc(N)nc(Nc2cc3c(c(OCCCN4CCCC4)c2)OCC3)n1. The van der Waals surface area contributed by atoms with Crippen LogP contribution in [0, 0.1) is 6.92 Å². The average molecular weight is 369 g/mol. The second kappa shape index (κ2) is 8.00. The lowest BCUT2D eigenvalue weighted by molar-refractivity contribution is 0.251. The van der Waals surface area contributed by atoms with E-state index in [9.17, 15) is 0 Å². The highest BCUT2D eigenvalue weighted by atomic mass is 16.5. The number of anilines is 3. The lowest BCUT2D eigenvalue weighted by Crippen LogP contribution is -2.21. The fourth-order valence-corrected chi connectivity index (χ4v) is 3.71. The summed E-state index contributed by atoms with van der Waals surface area (Å²) in [7, 11) is 0. The van der Waals surface area contributed by atoms with Crippen molar-refractivity contribution in [3.05, 3.63) is 29.5 Å². The lowest BCUT2D eigenvalue weighted by atomic mass is 10.1. The topological polar surface area (TPSA) is 85.5 Å². The van der Waals surface area contributed by atoms with Crippen molar-refractivity contribution in [1.82, 2.24) is 14.9 Å². The molecule has 3 N–H and O–H groups in total. The van der Waals surface area contributed by atoms with Crippen molar-refractivity contribution in [2.24, 2.45) is 0 Å². The summed E-state index contributed by atoms with van der Waals surface area (Å²) in [6, 6.07) is 5.78. The van der Waals surface area contributed by atoms with Gasteiger partial charge in [0.2, 0.25) is 5.95 Å². The maximum atomic E-state index is 6.08. The van der Waals surface area contributed by atoms with Gasteiger partial charge in [0, 0.05) is 42.0 Å². The second-order valence-corrected chi connectivity index (χ2v) is 7.19. The largest absolute Gasteiger partial charge is 0.490 e. The van der Waals surface area contributed by atoms with Crippen molar-refractivity contribution in [3.8, 4) is 11.5 Å². The van der Waals surface area contributed by atoms with E-state index < -0.39 is 0 Å². The summed E-state index contributed by atoms with van der Waals surface area (Å²) in [6.45, 7) is 6.81. The van der Waals surface area contributed by atoms with Crippen molar-refractivity contribution in [2.75, 3.05) is 43.9 Å². The fraction of sp³-hybridized carbons (Fsp3) is 0.500. The van der Waals surface area contributed by atoms with Crippen molar-refractivity contribution in [1.29, 1.82) is 0 Å². The molecule has 0 aliphatic carbocycles. The molecular weight excluding hydrogens is 342 g/mol. The zero-order valence-electron chi connectivity index (χ0n) is 15.8. The summed E-state index contributed by atoms with van der Waals surface area (Å²) in [6.07, 6.45) is 4.54. The minimum absolute atomic E-state index is 0.452. The number of nitrogens with two attached hydrogens (primary N) is 1. The van der Waals surface area contributed by atoms with Crippen LogP contribution in [0.2, 0.25) is 0 Å². The van der Waals surface area contributed by atoms with E-state index in [2.05, 4.69) is 26.3 Å². The predicted octanol–water partition coefficient (Wildman–Crippen LogP) is 2.91. The van der Waals surface area contributed by atoms with Crippen molar-refractivity contribution in [3.63, 3.8) is 0 Å². The van der Waals surface area contributed by atoms with Crippen LogP contribution in [0.4, 0.5) is 17.5 Å². The van der Waals surface area contributed by atoms with Gasteiger partial charge in [-0.1, -0.05) is 0 Å². The molecule has 144 valence electrons. The number of fused-ring (bicyclic) bond motifs is 1. The molecule has 0 radical (unpaired) electrons. The third-order valence-corrected chi connectivity index (χ3v) is 4.95. The average Bonchev–Trinajstić information content (AvgIpc) is 3.29. The number of likely N-dealkylation sites (tertiary alicyclic amines) is 1. The van der Waals surface area contributed by atoms with Gasteiger partial charge in [-0.2, -0.15) is 4.98 Å². The number of nitrogens with zero attached hydrogens (tertiary/aromatic N) is 3. The molecule has 1 aromatic carbocycles. The van der Waals surface area contributed by atoms with Crippen molar-refractivity contribution < 1.29 is 9.47 Å². The minimum atomic E-state index is 0.452. The molecule has 7 nitrogen and oxygen atoms in total. The fourth-order valence-electron chi connectivity index (χ4n) is 3.71. The zero-order chi connectivity index (χ0) is 18.6. The Morgan fingerprint density at radius 3 is 2.89 bits per heavy atom. The number of hydrogen-bond donors (Lipinski definition) is 2. The van der Waals surface area contributed by atoms with Crippen molar-refractivity contribution >= 4 is 17.5 Å². The number of aromatic nitrogens is 2. The van der Waals surface area contributed by atoms with Crippen LogP contribution in [0.1, 0.15) is 30.5 Å². The number of hydrogen-bond acceptors (Lipinski definition) is 7. The van der Waals surface area contributed by atoms with Gasteiger partial charge in [-0.25, -0.2) is 4.98 Å². The van der Waals surface area contributed by atoms with Gasteiger partial charge in [-0.3, -0.25) is 0 Å². The highest BCUT2D eigenvalue weighted by molar-refractivity contribution is 5.64. The summed E-state index contributed by atoms with van der Waals surface area (Å²) in [5.74, 6) is 2.60. The van der Waals surface area contributed by atoms with E-state index in [4.69, 9.17) is 15.2 Å². The Kier molecular flexibility index (Phi) is 5.29. The summed E-state index contributed by atoms with van der Waals surface area (Å²) in [5.41, 5.74) is 8.69. The van der Waals surface area contributed by atoms with Gasteiger partial charge in [-0.05, 0) is 45.3 Å². The Labute approximate surface area is 159 Å². The molecule has 4 rings (SSSR count). The Balaban J connectivity index is 1.44. The highest BCUT2D eigenvalue weighted by Crippen LogP contribution is 2.39. The van der Waals surface area contributed by atoms with E-state index in [0.717, 1.165) is 47.8 Å². The molecule has 0 amide bonds. The second-order valence-electron chi connectivity index (χ2n) is 7.19. The van der Waals surface area contributed by atoms with E-state index in [-0.39, 0.29) is 0 Å². The third-order valence-electron chi connectivity index (χ3n) is 4.95. The first kappa shape index (κ1) is 17.9. The van der Waals surface area contributed by atoms with Gasteiger partial charge in [0.25, 0.3) is 0 Å². The smallest absolute Gasteiger partial charge is 0.229 e. The summed E-state index contributed by atoms with van der Waals surface area (Å²) in [4.78, 5) is 11.1. The van der Waals surface area contributed by atoms with Crippen LogP contribution in [0.3, 0.4) is 0 Å². The van der Waals surface area contributed by atoms with Crippen LogP contribution in [-0.4, -0.2) is 47.7 Å². The number of nitrogens with one attached hydrogen (secondary N) is 1. The molecule has 1 aromatic heterocycles. The standard InChI is InChI=1S/C20H27N5O2/c1-14-11-18(21)24-20(22-14)23-16-12-15-5-10-27-19(15)17(13-16)26-9-4-8-25-6-2-3-7-25/h11-13H,2-10H2,1H3,(H3,21,22,23,24). The number of benzene rings is 1. The molecule has 0 saturated carbocycles. The number of ether oxygens (including phenoxy) is 2. The van der Waals surface area contributed by atoms with Crippen LogP contribution >= 0.6 is 0 Å². The van der Waals surface area contributed by atoms with Gasteiger partial charge >= 0.3 is 0 Å². The molecule has 0 bridgehead atoms. The van der Waals surface area contributed by atoms with E-state index in [1.165, 1.54) is 25.9 Å². The van der Waals surface area contributed by atoms with Crippen LogP contribution in [0.5, 0.6) is 11.5 Å². The summed E-state index contributed by atoms with van der Waals surface area (Å²) in [5, 5.41) is 3.24. The molecule has 2 aromatic rings. The Hall–Kier alpha value is -2.54. The molecule has 7 heteroatoms. The van der Waals surface area contributed by atoms with Gasteiger partial charge in [0.1, 0.15) is 5.82 Å². The maximum absolute atomic E-state index is 6.08. The predicted molar refractivity (Wildman–Crippen MR) is 106 cm³/mol. The molecule has 3 heterocycles. The van der Waals surface area contributed by atoms with Gasteiger partial charge < -0.3 is 25.4 Å². The Bertz CT molecular complexity index is 785. The number of rotatable bonds is 7. The highest BCUT2D eigenvalue weighted by Gasteiger charge is 2.20. The molecule has 1 fully saturated rings. The molecule has 1 saturated heterocycles. The van der Waals surface area contributed by atoms with Crippen LogP contribution in [0.25, 0.3) is 0 Å². The summed E-state index contributed by atoms with van der Waals surface area (Å²) < 4.78 is 11.9. The third kappa shape index (κ3) is 4.42. The number of aryl methyl sites for hydroxylation is 1. The minimum Gasteiger partial charge on any atom is -0.490 e. The van der Waals surface area contributed by atoms with E-state index in [1.807, 2.05) is 13.0 Å². The van der Waals surface area contributed by atoms with E-state index in [0.29, 0.717) is 25.0 Å². The van der Waals surface area contributed by atoms with E-state index in [1.54, 1.807) is 6.07 Å². The lowest BCUT2D eigenvalue weighted by Gasteiger charge is -2.16. The first-order valence-corrected chi connectivity index (χ1v) is 9.70. The monoisotopic (exact) mass is 369 g/mol. The molecular formula is C20H27N5O2. The van der Waals surface area contributed by atoms with Crippen LogP contribution in [0.15, 0.2) is 18.2 Å². The van der Waals surface area contributed by atoms with Crippen LogP contribution in [-0.2, 0) is 6.42 Å². The molecule has 0 spiro atoms. The molecule has 2 aliphatic heterocycles. The molecule has 2 aliphatic rings. The number of nitrogen functional groups attached to an aromatic ring is 1. The maximum Gasteiger partial charge on any atom is 0.229 e.